The molecule has 30 heavy (non-hydrogen) atoms. The number of rotatable bonds is 10. The van der Waals surface area contributed by atoms with E-state index in [4.69, 9.17) is 0 Å². The summed E-state index contributed by atoms with van der Waals surface area (Å²) in [7, 11) is 2.00. The van der Waals surface area contributed by atoms with Crippen LogP contribution in [0.15, 0.2) is 48.7 Å². The first kappa shape index (κ1) is 22.1. The summed E-state index contributed by atoms with van der Waals surface area (Å²) in [5, 5.41) is 0. The van der Waals surface area contributed by atoms with Gasteiger partial charge < -0.3 is 14.4 Å². The van der Waals surface area contributed by atoms with Crippen molar-refractivity contribution >= 4 is 11.8 Å². The molecule has 2 aromatic rings. The minimum Gasteiger partial charge on any atom is -0.353 e. The van der Waals surface area contributed by atoms with Gasteiger partial charge in [-0.15, -0.1) is 0 Å². The highest BCUT2D eigenvalue weighted by atomic mass is 16.2. The molecule has 5 heteroatoms. The molecule has 0 N–H and O–H groups in total. The summed E-state index contributed by atoms with van der Waals surface area (Å²) in [5.41, 5.74) is 2.18. The Bertz CT molecular complexity index is 809. The van der Waals surface area contributed by atoms with Crippen molar-refractivity contribution in [3.63, 3.8) is 0 Å². The summed E-state index contributed by atoms with van der Waals surface area (Å²) in [4.78, 5) is 30.2. The molecule has 1 aliphatic carbocycles. The van der Waals surface area contributed by atoms with Crippen LogP contribution >= 0.6 is 0 Å². The molecule has 5 nitrogen and oxygen atoms in total. The van der Waals surface area contributed by atoms with E-state index in [2.05, 4.69) is 6.92 Å². The molecule has 0 aliphatic heterocycles. The Hall–Kier alpha value is -2.56. The van der Waals surface area contributed by atoms with Crippen LogP contribution in [0.3, 0.4) is 0 Å². The fourth-order valence-corrected chi connectivity index (χ4v) is 4.20. The lowest BCUT2D eigenvalue weighted by atomic mass is 10.1. The molecule has 1 aromatic heterocycles. The van der Waals surface area contributed by atoms with E-state index >= 15 is 0 Å². The van der Waals surface area contributed by atoms with Crippen LogP contribution in [0.25, 0.3) is 0 Å². The third kappa shape index (κ3) is 5.97. The van der Waals surface area contributed by atoms with Gasteiger partial charge in [0.05, 0.1) is 13.1 Å². The monoisotopic (exact) mass is 409 g/mol. The summed E-state index contributed by atoms with van der Waals surface area (Å²) >= 11 is 0. The van der Waals surface area contributed by atoms with Crippen molar-refractivity contribution in [3.05, 3.63) is 59.9 Å². The van der Waals surface area contributed by atoms with E-state index in [0.29, 0.717) is 19.6 Å². The largest absolute Gasteiger partial charge is 0.353 e. The average molecular weight is 410 g/mol. The zero-order chi connectivity index (χ0) is 21.3. The Morgan fingerprint density at radius 2 is 1.73 bits per heavy atom. The summed E-state index contributed by atoms with van der Waals surface area (Å²) in [5.74, 6) is 0.292. The maximum Gasteiger partial charge on any atom is 0.242 e. The SMILES string of the molecule is CCCCN(CC(=O)N(Cc1ccccc1)Cc1cccn1C)C(=O)C1CCCC1. The molecule has 0 unspecified atom stereocenters. The highest BCUT2D eigenvalue weighted by Gasteiger charge is 2.29. The lowest BCUT2D eigenvalue weighted by Crippen LogP contribution is -2.44. The van der Waals surface area contributed by atoms with Gasteiger partial charge >= 0.3 is 0 Å². The van der Waals surface area contributed by atoms with E-state index < -0.39 is 0 Å². The zero-order valence-electron chi connectivity index (χ0n) is 18.4. The topological polar surface area (TPSA) is 45.6 Å². The maximum atomic E-state index is 13.4. The molecule has 0 radical (unpaired) electrons. The smallest absolute Gasteiger partial charge is 0.242 e. The van der Waals surface area contributed by atoms with Crippen molar-refractivity contribution < 1.29 is 9.59 Å². The third-order valence-electron chi connectivity index (χ3n) is 6.10. The number of aryl methyl sites for hydroxylation is 1. The molecule has 1 heterocycles. The number of unbranched alkanes of at least 4 members (excludes halogenated alkanes) is 1. The van der Waals surface area contributed by atoms with Gasteiger partial charge in [0, 0.05) is 37.9 Å². The van der Waals surface area contributed by atoms with Gasteiger partial charge in [0.15, 0.2) is 0 Å². The third-order valence-corrected chi connectivity index (χ3v) is 6.10. The maximum absolute atomic E-state index is 13.4. The first-order chi connectivity index (χ1) is 14.6. The van der Waals surface area contributed by atoms with Crippen LogP contribution in [-0.2, 0) is 29.7 Å². The number of hydrogen-bond acceptors (Lipinski definition) is 2. The molecular weight excluding hydrogens is 374 g/mol. The Morgan fingerprint density at radius 3 is 2.37 bits per heavy atom. The number of benzene rings is 1. The molecule has 1 aromatic carbocycles. The molecule has 0 bridgehead atoms. The molecule has 1 saturated carbocycles. The molecule has 1 fully saturated rings. The van der Waals surface area contributed by atoms with Crippen LogP contribution in [0.2, 0.25) is 0 Å². The number of carbonyl (C=O) groups excluding carboxylic acids is 2. The van der Waals surface area contributed by atoms with Gasteiger partial charge in [0.1, 0.15) is 0 Å². The van der Waals surface area contributed by atoms with Gasteiger partial charge in [-0.2, -0.15) is 0 Å². The van der Waals surface area contributed by atoms with Crippen LogP contribution in [0.5, 0.6) is 0 Å². The van der Waals surface area contributed by atoms with Crippen molar-refractivity contribution in [1.82, 2.24) is 14.4 Å². The summed E-state index contributed by atoms with van der Waals surface area (Å²) in [6, 6.07) is 14.1. The van der Waals surface area contributed by atoms with Gasteiger partial charge in [-0.25, -0.2) is 0 Å². The fraction of sp³-hybridized carbons (Fsp3) is 0.520. The van der Waals surface area contributed by atoms with Crippen molar-refractivity contribution in [2.24, 2.45) is 13.0 Å². The van der Waals surface area contributed by atoms with Gasteiger partial charge in [-0.05, 0) is 37.0 Å². The normalized spacial score (nSPS) is 14.1. The average Bonchev–Trinajstić information content (AvgIpc) is 3.43. The molecule has 0 atom stereocenters. The highest BCUT2D eigenvalue weighted by molar-refractivity contribution is 5.86. The van der Waals surface area contributed by atoms with Crippen LogP contribution in [0.4, 0.5) is 0 Å². The van der Waals surface area contributed by atoms with Gasteiger partial charge in [0.25, 0.3) is 0 Å². The Balaban J connectivity index is 1.74. The van der Waals surface area contributed by atoms with E-state index in [0.717, 1.165) is 49.8 Å². The minimum atomic E-state index is 0.0162. The van der Waals surface area contributed by atoms with Gasteiger partial charge in [0.2, 0.25) is 11.8 Å². The number of carbonyl (C=O) groups is 2. The van der Waals surface area contributed by atoms with E-state index in [1.54, 1.807) is 0 Å². The molecular formula is C25H35N3O2. The first-order valence-electron chi connectivity index (χ1n) is 11.3. The van der Waals surface area contributed by atoms with Crippen LogP contribution < -0.4 is 0 Å². The van der Waals surface area contributed by atoms with Crippen molar-refractivity contribution in [3.8, 4) is 0 Å². The summed E-state index contributed by atoms with van der Waals surface area (Å²) < 4.78 is 2.05. The fourth-order valence-electron chi connectivity index (χ4n) is 4.20. The van der Waals surface area contributed by atoms with Crippen molar-refractivity contribution in [2.75, 3.05) is 13.1 Å². The molecule has 0 saturated heterocycles. The lowest BCUT2D eigenvalue weighted by molar-refractivity contribution is -0.143. The van der Waals surface area contributed by atoms with E-state index in [1.165, 1.54) is 0 Å². The highest BCUT2D eigenvalue weighted by Crippen LogP contribution is 2.27. The predicted molar refractivity (Wildman–Crippen MR) is 120 cm³/mol. The Morgan fingerprint density at radius 1 is 1.00 bits per heavy atom. The van der Waals surface area contributed by atoms with Crippen molar-refractivity contribution in [1.29, 1.82) is 0 Å². The number of amides is 2. The second kappa shape index (κ2) is 11.0. The zero-order valence-corrected chi connectivity index (χ0v) is 18.4. The molecule has 3 rings (SSSR count). The van der Waals surface area contributed by atoms with E-state index in [9.17, 15) is 9.59 Å². The van der Waals surface area contributed by atoms with Gasteiger partial charge in [-0.1, -0.05) is 56.5 Å². The first-order valence-corrected chi connectivity index (χ1v) is 11.3. The summed E-state index contributed by atoms with van der Waals surface area (Å²) in [6.07, 6.45) is 8.12. The van der Waals surface area contributed by atoms with E-state index in [-0.39, 0.29) is 24.3 Å². The molecule has 0 spiro atoms. The van der Waals surface area contributed by atoms with Crippen molar-refractivity contribution in [2.45, 2.75) is 58.5 Å². The predicted octanol–water partition coefficient (Wildman–Crippen LogP) is 4.37. The van der Waals surface area contributed by atoms with Crippen LogP contribution in [0.1, 0.15) is 56.7 Å². The second-order valence-electron chi connectivity index (χ2n) is 8.44. The second-order valence-corrected chi connectivity index (χ2v) is 8.44. The van der Waals surface area contributed by atoms with Crippen LogP contribution in [-0.4, -0.2) is 39.3 Å². The minimum absolute atomic E-state index is 0.0162. The quantitative estimate of drug-likeness (QED) is 0.585. The molecule has 2 amide bonds. The standard InChI is InChI=1S/C25H35N3O2/c1-3-4-17-27(25(30)22-13-8-9-14-22)20-24(29)28(18-21-11-6-5-7-12-21)19-23-15-10-16-26(23)2/h5-7,10-12,15-16,22H,3-4,8-9,13-14,17-20H2,1-2H3. The molecule has 162 valence electrons. The number of aromatic nitrogens is 1. The number of nitrogens with zero attached hydrogens (tertiary/aromatic N) is 3. The van der Waals surface area contributed by atoms with E-state index in [1.807, 2.05) is 70.1 Å². The Labute approximate surface area is 180 Å². The van der Waals surface area contributed by atoms with Crippen LogP contribution in [0, 0.1) is 5.92 Å². The number of hydrogen-bond donors (Lipinski definition) is 0. The summed E-state index contributed by atoms with van der Waals surface area (Å²) in [6.45, 7) is 4.05. The Kier molecular flexibility index (Phi) is 8.12. The van der Waals surface area contributed by atoms with Gasteiger partial charge in [-0.3, -0.25) is 9.59 Å². The lowest BCUT2D eigenvalue weighted by Gasteiger charge is -2.29. The molecule has 1 aliphatic rings.